The first kappa shape index (κ1) is 10.6. The van der Waals surface area contributed by atoms with Crippen LogP contribution in [0.15, 0.2) is 28.7 Å². The molecule has 1 fully saturated rings. The summed E-state index contributed by atoms with van der Waals surface area (Å²) in [4.78, 5) is 6.74. The van der Waals surface area contributed by atoms with Gasteiger partial charge >= 0.3 is 0 Å². The molecule has 1 aliphatic heterocycles. The molecule has 0 bridgehead atoms. The van der Waals surface area contributed by atoms with Crippen molar-refractivity contribution in [3.8, 4) is 0 Å². The van der Waals surface area contributed by atoms with Crippen LogP contribution in [0.4, 0.5) is 6.01 Å². The minimum atomic E-state index is 0.110. The van der Waals surface area contributed by atoms with Gasteiger partial charge < -0.3 is 14.6 Å². The monoisotopic (exact) mass is 231 g/mol. The molecule has 1 saturated heterocycles. The minimum Gasteiger partial charge on any atom is -0.423 e. The molecule has 0 amide bonds. The van der Waals surface area contributed by atoms with Crippen molar-refractivity contribution in [3.63, 3.8) is 0 Å². The van der Waals surface area contributed by atoms with Crippen LogP contribution in [-0.2, 0) is 0 Å². The molecule has 1 aliphatic rings. The maximum atomic E-state index is 5.79. The third-order valence-corrected chi connectivity index (χ3v) is 3.12. The predicted molar refractivity (Wildman–Crippen MR) is 68.3 cm³/mol. The Hall–Kier alpha value is -1.55. The molecule has 1 N–H and O–H groups in total. The van der Waals surface area contributed by atoms with E-state index in [2.05, 4.69) is 29.0 Å². The molecule has 1 aromatic carbocycles. The molecule has 4 heteroatoms. The summed E-state index contributed by atoms with van der Waals surface area (Å²) in [6, 6.07) is 8.63. The Balaban J connectivity index is 1.93. The minimum absolute atomic E-state index is 0.110. The number of benzene rings is 1. The molecule has 0 unspecified atom stereocenters. The van der Waals surface area contributed by atoms with E-state index in [-0.39, 0.29) is 5.54 Å². The van der Waals surface area contributed by atoms with Gasteiger partial charge in [0.25, 0.3) is 6.01 Å². The number of hydrogen-bond acceptors (Lipinski definition) is 4. The molecule has 0 radical (unpaired) electrons. The van der Waals surface area contributed by atoms with Crippen molar-refractivity contribution in [1.82, 2.24) is 10.3 Å². The van der Waals surface area contributed by atoms with Gasteiger partial charge in [-0.15, -0.1) is 0 Å². The third-order valence-electron chi connectivity index (χ3n) is 3.12. The Morgan fingerprint density at radius 3 is 2.94 bits per heavy atom. The molecule has 90 valence electrons. The maximum absolute atomic E-state index is 5.79. The number of anilines is 1. The SMILES string of the molecule is CC1(C)CN(c2nc3ccccc3o2)CCN1. The Labute approximate surface area is 101 Å². The van der Waals surface area contributed by atoms with Gasteiger partial charge in [-0.3, -0.25) is 0 Å². The first-order valence-electron chi connectivity index (χ1n) is 6.00. The summed E-state index contributed by atoms with van der Waals surface area (Å²) in [6.07, 6.45) is 0. The van der Waals surface area contributed by atoms with E-state index in [1.807, 2.05) is 24.3 Å². The summed E-state index contributed by atoms with van der Waals surface area (Å²) in [6.45, 7) is 7.21. The van der Waals surface area contributed by atoms with E-state index in [0.717, 1.165) is 36.7 Å². The molecule has 2 aromatic rings. The van der Waals surface area contributed by atoms with Crippen LogP contribution in [0.3, 0.4) is 0 Å². The summed E-state index contributed by atoms with van der Waals surface area (Å²) in [7, 11) is 0. The number of oxazole rings is 1. The van der Waals surface area contributed by atoms with E-state index < -0.39 is 0 Å². The zero-order valence-corrected chi connectivity index (χ0v) is 10.2. The molecular weight excluding hydrogens is 214 g/mol. The lowest BCUT2D eigenvalue weighted by Gasteiger charge is -2.38. The number of piperazine rings is 1. The Bertz CT molecular complexity index is 499. The first-order valence-corrected chi connectivity index (χ1v) is 6.00. The predicted octanol–water partition coefficient (Wildman–Crippen LogP) is 2.02. The second kappa shape index (κ2) is 3.74. The fourth-order valence-corrected chi connectivity index (χ4v) is 2.30. The number of para-hydroxylation sites is 2. The molecule has 17 heavy (non-hydrogen) atoms. The van der Waals surface area contributed by atoms with Crippen LogP contribution in [0.25, 0.3) is 11.1 Å². The van der Waals surface area contributed by atoms with E-state index in [0.29, 0.717) is 0 Å². The van der Waals surface area contributed by atoms with Crippen molar-refractivity contribution in [3.05, 3.63) is 24.3 Å². The van der Waals surface area contributed by atoms with Crippen LogP contribution in [0, 0.1) is 0 Å². The number of nitrogens with one attached hydrogen (secondary N) is 1. The highest BCUT2D eigenvalue weighted by molar-refractivity contribution is 5.74. The van der Waals surface area contributed by atoms with Gasteiger partial charge in [0.05, 0.1) is 0 Å². The van der Waals surface area contributed by atoms with Gasteiger partial charge in [0.15, 0.2) is 5.58 Å². The highest BCUT2D eigenvalue weighted by Gasteiger charge is 2.28. The third kappa shape index (κ3) is 2.00. The van der Waals surface area contributed by atoms with E-state index in [1.54, 1.807) is 0 Å². The lowest BCUT2D eigenvalue weighted by molar-refractivity contribution is 0.341. The second-order valence-corrected chi connectivity index (χ2v) is 5.20. The number of aromatic nitrogens is 1. The van der Waals surface area contributed by atoms with Gasteiger partial charge in [-0.1, -0.05) is 12.1 Å². The molecule has 1 aromatic heterocycles. The lowest BCUT2D eigenvalue weighted by atomic mass is 10.0. The van der Waals surface area contributed by atoms with Crippen LogP contribution in [0.2, 0.25) is 0 Å². The van der Waals surface area contributed by atoms with Gasteiger partial charge in [0, 0.05) is 25.2 Å². The van der Waals surface area contributed by atoms with Crippen molar-refractivity contribution in [2.45, 2.75) is 19.4 Å². The largest absolute Gasteiger partial charge is 0.423 e. The van der Waals surface area contributed by atoms with Crippen LogP contribution in [-0.4, -0.2) is 30.2 Å². The van der Waals surface area contributed by atoms with Gasteiger partial charge in [-0.05, 0) is 26.0 Å². The van der Waals surface area contributed by atoms with Crippen molar-refractivity contribution < 1.29 is 4.42 Å². The van der Waals surface area contributed by atoms with Gasteiger partial charge in [0.1, 0.15) is 5.52 Å². The van der Waals surface area contributed by atoms with Crippen molar-refractivity contribution in [2.75, 3.05) is 24.5 Å². The van der Waals surface area contributed by atoms with Gasteiger partial charge in [0.2, 0.25) is 0 Å². The fourth-order valence-electron chi connectivity index (χ4n) is 2.30. The zero-order valence-electron chi connectivity index (χ0n) is 10.2. The summed E-state index contributed by atoms with van der Waals surface area (Å²) in [5, 5.41) is 3.48. The lowest BCUT2D eigenvalue weighted by Crippen LogP contribution is -2.57. The Kier molecular flexibility index (Phi) is 2.33. The molecular formula is C13H17N3O. The quantitative estimate of drug-likeness (QED) is 0.815. The molecule has 0 saturated carbocycles. The van der Waals surface area contributed by atoms with E-state index >= 15 is 0 Å². The molecule has 0 aliphatic carbocycles. The molecule has 4 nitrogen and oxygen atoms in total. The summed E-state index contributed by atoms with van der Waals surface area (Å²) in [5.41, 5.74) is 1.90. The number of nitrogens with zero attached hydrogens (tertiary/aromatic N) is 2. The normalized spacial score (nSPS) is 19.8. The zero-order chi connectivity index (χ0) is 11.9. The molecule has 3 rings (SSSR count). The fraction of sp³-hybridized carbons (Fsp3) is 0.462. The average Bonchev–Trinajstić information content (AvgIpc) is 2.71. The van der Waals surface area contributed by atoms with E-state index in [4.69, 9.17) is 4.42 Å². The molecule has 0 atom stereocenters. The Morgan fingerprint density at radius 2 is 2.18 bits per heavy atom. The van der Waals surface area contributed by atoms with Crippen LogP contribution in [0.1, 0.15) is 13.8 Å². The smallest absolute Gasteiger partial charge is 0.298 e. The van der Waals surface area contributed by atoms with Gasteiger partial charge in [-0.25, -0.2) is 0 Å². The van der Waals surface area contributed by atoms with Crippen molar-refractivity contribution in [2.24, 2.45) is 0 Å². The summed E-state index contributed by atoms with van der Waals surface area (Å²) < 4.78 is 5.79. The first-order chi connectivity index (χ1) is 8.14. The van der Waals surface area contributed by atoms with E-state index in [9.17, 15) is 0 Å². The Morgan fingerprint density at radius 1 is 1.35 bits per heavy atom. The van der Waals surface area contributed by atoms with E-state index in [1.165, 1.54) is 0 Å². The molecule has 2 heterocycles. The summed E-state index contributed by atoms with van der Waals surface area (Å²) in [5.74, 6) is 0. The van der Waals surface area contributed by atoms with Crippen molar-refractivity contribution in [1.29, 1.82) is 0 Å². The summed E-state index contributed by atoms with van der Waals surface area (Å²) >= 11 is 0. The second-order valence-electron chi connectivity index (χ2n) is 5.20. The van der Waals surface area contributed by atoms with Gasteiger partial charge in [-0.2, -0.15) is 4.98 Å². The number of rotatable bonds is 1. The highest BCUT2D eigenvalue weighted by atomic mass is 16.4. The van der Waals surface area contributed by atoms with Crippen molar-refractivity contribution >= 4 is 17.1 Å². The number of fused-ring (bicyclic) bond motifs is 1. The standard InChI is InChI=1S/C13H17N3O/c1-13(2)9-16(8-7-14-13)12-15-10-5-3-4-6-11(10)17-12/h3-6,14H,7-9H2,1-2H3. The van der Waals surface area contributed by atoms with Crippen LogP contribution in [0.5, 0.6) is 0 Å². The maximum Gasteiger partial charge on any atom is 0.298 e. The topological polar surface area (TPSA) is 41.3 Å². The average molecular weight is 231 g/mol. The highest BCUT2D eigenvalue weighted by Crippen LogP contribution is 2.24. The number of hydrogen-bond donors (Lipinski definition) is 1. The van der Waals surface area contributed by atoms with Crippen LogP contribution < -0.4 is 10.2 Å². The van der Waals surface area contributed by atoms with Crippen LogP contribution >= 0.6 is 0 Å². The molecule has 0 spiro atoms.